The van der Waals surface area contributed by atoms with Crippen molar-refractivity contribution in [2.45, 2.75) is 26.8 Å². The summed E-state index contributed by atoms with van der Waals surface area (Å²) in [5, 5.41) is 0. The molecule has 0 saturated carbocycles. The summed E-state index contributed by atoms with van der Waals surface area (Å²) in [6, 6.07) is 8.60. The molecule has 0 saturated heterocycles. The van der Waals surface area contributed by atoms with E-state index < -0.39 is 0 Å². The van der Waals surface area contributed by atoms with E-state index in [-0.39, 0.29) is 24.0 Å². The number of nitrogens with zero attached hydrogens (tertiary/aromatic N) is 2. The molecular formula is C16H18N2O3. The molecule has 0 N–H and O–H groups in total. The van der Waals surface area contributed by atoms with Gasteiger partial charge in [0.2, 0.25) is 0 Å². The highest BCUT2D eigenvalue weighted by Crippen LogP contribution is 2.18. The van der Waals surface area contributed by atoms with Gasteiger partial charge in [-0.2, -0.15) is 0 Å². The molecular weight excluding hydrogens is 268 g/mol. The number of ketones is 1. The van der Waals surface area contributed by atoms with Gasteiger partial charge in [-0.05, 0) is 39.0 Å². The average Bonchev–Trinajstić information content (AvgIpc) is 2.45. The second kappa shape index (κ2) is 6.35. The fourth-order valence-corrected chi connectivity index (χ4v) is 2.20. The van der Waals surface area contributed by atoms with Crippen molar-refractivity contribution in [3.8, 4) is 5.75 Å². The summed E-state index contributed by atoms with van der Waals surface area (Å²) in [6.45, 7) is 5.17. The lowest BCUT2D eigenvalue weighted by atomic mass is 10.2. The Balaban J connectivity index is 2.33. The fourth-order valence-electron chi connectivity index (χ4n) is 2.20. The third kappa shape index (κ3) is 3.56. The van der Waals surface area contributed by atoms with Crippen molar-refractivity contribution in [1.82, 2.24) is 9.55 Å². The summed E-state index contributed by atoms with van der Waals surface area (Å²) in [4.78, 5) is 27.5. The molecule has 0 radical (unpaired) electrons. The molecule has 0 aliphatic carbocycles. The maximum atomic E-state index is 12.3. The molecule has 110 valence electrons. The van der Waals surface area contributed by atoms with E-state index in [1.165, 1.54) is 13.0 Å². The second-order valence-electron chi connectivity index (χ2n) is 4.96. The van der Waals surface area contributed by atoms with Gasteiger partial charge in [0.15, 0.2) is 5.78 Å². The molecule has 21 heavy (non-hydrogen) atoms. The maximum Gasteiger partial charge on any atom is 0.255 e. The molecule has 2 aromatic heterocycles. The number of pyridine rings is 2. The number of rotatable bonds is 5. The fraction of sp³-hybridized carbons (Fsp3) is 0.312. The number of carbonyl (C=O) groups excluding carboxylic acids is 1. The molecule has 0 aliphatic rings. The standard InChI is InChI=1S/C16H18N2O3/c1-11-8-14(21-10-12(2)19)9-16(20)18(11)13(3)15-6-4-5-7-17-15/h4-9,13H,10H2,1-3H3. The van der Waals surface area contributed by atoms with Crippen LogP contribution >= 0.6 is 0 Å². The minimum Gasteiger partial charge on any atom is -0.486 e. The van der Waals surface area contributed by atoms with Crippen LogP contribution in [0.2, 0.25) is 0 Å². The van der Waals surface area contributed by atoms with Crippen LogP contribution in [0.15, 0.2) is 41.3 Å². The molecule has 0 aliphatic heterocycles. The molecule has 2 heterocycles. The highest BCUT2D eigenvalue weighted by molar-refractivity contribution is 5.77. The molecule has 1 unspecified atom stereocenters. The van der Waals surface area contributed by atoms with E-state index in [9.17, 15) is 9.59 Å². The molecule has 5 nitrogen and oxygen atoms in total. The Morgan fingerprint density at radius 2 is 2.14 bits per heavy atom. The van der Waals surface area contributed by atoms with E-state index in [1.807, 2.05) is 32.0 Å². The number of Topliss-reactive ketones (excluding diaryl/α,β-unsaturated/α-hetero) is 1. The Morgan fingerprint density at radius 1 is 1.38 bits per heavy atom. The van der Waals surface area contributed by atoms with Gasteiger partial charge in [-0.15, -0.1) is 0 Å². The molecule has 1 atom stereocenters. The Morgan fingerprint density at radius 3 is 2.71 bits per heavy atom. The first-order chi connectivity index (χ1) is 9.99. The Hall–Kier alpha value is -2.43. The summed E-state index contributed by atoms with van der Waals surface area (Å²) in [6.07, 6.45) is 1.70. The zero-order valence-electron chi connectivity index (χ0n) is 12.4. The van der Waals surface area contributed by atoms with Crippen molar-refractivity contribution in [1.29, 1.82) is 0 Å². The van der Waals surface area contributed by atoms with Crippen LogP contribution in [0.25, 0.3) is 0 Å². The predicted molar refractivity (Wildman–Crippen MR) is 79.7 cm³/mol. The smallest absolute Gasteiger partial charge is 0.255 e. The number of hydrogen-bond donors (Lipinski definition) is 0. The van der Waals surface area contributed by atoms with Crippen LogP contribution in [-0.4, -0.2) is 21.9 Å². The van der Waals surface area contributed by atoms with Crippen molar-refractivity contribution in [2.75, 3.05) is 6.61 Å². The lowest BCUT2D eigenvalue weighted by Crippen LogP contribution is -2.26. The lowest BCUT2D eigenvalue weighted by Gasteiger charge is -2.18. The largest absolute Gasteiger partial charge is 0.486 e. The normalized spacial score (nSPS) is 12.0. The van der Waals surface area contributed by atoms with Crippen molar-refractivity contribution in [3.05, 3.63) is 58.3 Å². The number of aromatic nitrogens is 2. The predicted octanol–water partition coefficient (Wildman–Crippen LogP) is 2.13. The van der Waals surface area contributed by atoms with Crippen LogP contribution in [0.4, 0.5) is 0 Å². The van der Waals surface area contributed by atoms with E-state index in [4.69, 9.17) is 4.74 Å². The molecule has 0 amide bonds. The molecule has 2 rings (SSSR count). The summed E-state index contributed by atoms with van der Waals surface area (Å²) < 4.78 is 6.95. The van der Waals surface area contributed by atoms with E-state index in [0.717, 1.165) is 11.4 Å². The summed E-state index contributed by atoms with van der Waals surface area (Å²) in [7, 11) is 0. The molecule has 0 bridgehead atoms. The Labute approximate surface area is 123 Å². The van der Waals surface area contributed by atoms with Crippen LogP contribution < -0.4 is 10.3 Å². The zero-order valence-corrected chi connectivity index (χ0v) is 12.4. The first-order valence-corrected chi connectivity index (χ1v) is 6.75. The minimum atomic E-state index is -0.174. The van der Waals surface area contributed by atoms with E-state index in [0.29, 0.717) is 5.75 Å². The highest BCUT2D eigenvalue weighted by Gasteiger charge is 2.14. The number of aryl methyl sites for hydroxylation is 1. The van der Waals surface area contributed by atoms with Gasteiger partial charge in [-0.25, -0.2) is 0 Å². The molecule has 0 spiro atoms. The third-order valence-electron chi connectivity index (χ3n) is 3.18. The highest BCUT2D eigenvalue weighted by atomic mass is 16.5. The molecule has 0 fully saturated rings. The van der Waals surface area contributed by atoms with Crippen LogP contribution in [-0.2, 0) is 4.79 Å². The zero-order chi connectivity index (χ0) is 15.4. The van der Waals surface area contributed by atoms with Crippen LogP contribution in [0.5, 0.6) is 5.75 Å². The summed E-state index contributed by atoms with van der Waals surface area (Å²) in [5.74, 6) is 0.329. The van der Waals surface area contributed by atoms with Gasteiger partial charge in [0.25, 0.3) is 5.56 Å². The first-order valence-electron chi connectivity index (χ1n) is 6.75. The molecule has 2 aromatic rings. The van der Waals surface area contributed by atoms with Crippen molar-refractivity contribution in [2.24, 2.45) is 0 Å². The van der Waals surface area contributed by atoms with Crippen molar-refractivity contribution >= 4 is 5.78 Å². The topological polar surface area (TPSA) is 61.2 Å². The Kier molecular flexibility index (Phi) is 4.52. The average molecular weight is 286 g/mol. The Bertz CT molecular complexity index is 692. The van der Waals surface area contributed by atoms with E-state index in [2.05, 4.69) is 4.98 Å². The van der Waals surface area contributed by atoms with Gasteiger partial charge in [-0.1, -0.05) is 6.07 Å². The van der Waals surface area contributed by atoms with Crippen molar-refractivity contribution < 1.29 is 9.53 Å². The van der Waals surface area contributed by atoms with Gasteiger partial charge in [0.05, 0.1) is 11.7 Å². The van der Waals surface area contributed by atoms with Crippen LogP contribution in [0.3, 0.4) is 0 Å². The first kappa shape index (κ1) is 15.0. The van der Waals surface area contributed by atoms with Gasteiger partial charge < -0.3 is 9.30 Å². The number of hydrogen-bond acceptors (Lipinski definition) is 4. The molecule has 0 aromatic carbocycles. The van der Waals surface area contributed by atoms with Crippen LogP contribution in [0.1, 0.15) is 31.3 Å². The SMILES string of the molecule is CC(=O)COc1cc(C)n(C(C)c2ccccn2)c(=O)c1. The van der Waals surface area contributed by atoms with E-state index >= 15 is 0 Å². The van der Waals surface area contributed by atoms with Gasteiger partial charge in [-0.3, -0.25) is 14.6 Å². The molecule has 5 heteroatoms. The van der Waals surface area contributed by atoms with Gasteiger partial charge >= 0.3 is 0 Å². The second-order valence-corrected chi connectivity index (χ2v) is 4.96. The number of carbonyl (C=O) groups is 1. The van der Waals surface area contributed by atoms with Gasteiger partial charge in [0.1, 0.15) is 12.4 Å². The third-order valence-corrected chi connectivity index (χ3v) is 3.18. The lowest BCUT2D eigenvalue weighted by molar-refractivity contribution is -0.118. The minimum absolute atomic E-state index is 0.0291. The monoisotopic (exact) mass is 286 g/mol. The summed E-state index contributed by atoms with van der Waals surface area (Å²) >= 11 is 0. The summed E-state index contributed by atoms with van der Waals surface area (Å²) in [5.41, 5.74) is 1.41. The van der Waals surface area contributed by atoms with E-state index in [1.54, 1.807) is 16.8 Å². The van der Waals surface area contributed by atoms with Crippen LogP contribution in [0, 0.1) is 6.92 Å². The quantitative estimate of drug-likeness (QED) is 0.844. The van der Waals surface area contributed by atoms with Crippen molar-refractivity contribution in [3.63, 3.8) is 0 Å². The number of ether oxygens (including phenoxy) is 1. The maximum absolute atomic E-state index is 12.3. The van der Waals surface area contributed by atoms with Gasteiger partial charge in [0, 0.05) is 18.0 Å².